The molecule has 6 nitrogen and oxygen atoms in total. The minimum absolute atomic E-state index is 0.0771. The van der Waals surface area contributed by atoms with Crippen LogP contribution in [0.15, 0.2) is 12.1 Å². The Bertz CT molecular complexity index is 624. The predicted molar refractivity (Wildman–Crippen MR) is 65.4 cm³/mol. The molecule has 102 valence electrons. The van der Waals surface area contributed by atoms with Gasteiger partial charge in [0.15, 0.2) is 0 Å². The second-order valence-electron chi connectivity index (χ2n) is 4.65. The molecular weight excluding hydrogens is 253 g/mol. The molecule has 2 N–H and O–H groups in total. The number of carboxylic acids is 1. The maximum atomic E-state index is 13.5. The summed E-state index contributed by atoms with van der Waals surface area (Å²) in [5.41, 5.74) is 0.227. The van der Waals surface area contributed by atoms with Crippen molar-refractivity contribution in [3.05, 3.63) is 23.5 Å². The van der Waals surface area contributed by atoms with Crippen molar-refractivity contribution in [3.8, 4) is 0 Å². The fraction of sp³-hybridized carbons (Fsp3) is 0.417. The zero-order chi connectivity index (χ0) is 14.2. The molecule has 2 rings (SSSR count). The molecule has 1 heterocycles. The first-order valence-corrected chi connectivity index (χ1v) is 5.84. The minimum atomic E-state index is -1.35. The van der Waals surface area contributed by atoms with E-state index in [0.29, 0.717) is 5.52 Å². The van der Waals surface area contributed by atoms with Gasteiger partial charge in [-0.25, -0.2) is 13.9 Å². The number of aromatic nitrogens is 3. The number of benzene rings is 1. The molecule has 1 aromatic carbocycles. The molecular formula is C12H14FN3O3. The fourth-order valence-corrected chi connectivity index (χ4v) is 1.94. The van der Waals surface area contributed by atoms with Crippen LogP contribution in [0.3, 0.4) is 0 Å². The Morgan fingerprint density at radius 2 is 2.16 bits per heavy atom. The Labute approximate surface area is 108 Å². The number of fused-ring (bicyclic) bond motifs is 1. The second-order valence-corrected chi connectivity index (χ2v) is 4.65. The molecule has 0 radical (unpaired) electrons. The predicted octanol–water partition coefficient (Wildman–Crippen LogP) is 1.46. The smallest absolute Gasteiger partial charge is 0.338 e. The van der Waals surface area contributed by atoms with Gasteiger partial charge in [0, 0.05) is 6.07 Å². The lowest BCUT2D eigenvalue weighted by Gasteiger charge is -2.18. The van der Waals surface area contributed by atoms with E-state index < -0.39 is 17.3 Å². The third-order valence-corrected chi connectivity index (χ3v) is 3.06. The van der Waals surface area contributed by atoms with Crippen molar-refractivity contribution >= 4 is 17.0 Å². The zero-order valence-electron chi connectivity index (χ0n) is 10.5. The van der Waals surface area contributed by atoms with Crippen LogP contribution in [0.4, 0.5) is 4.39 Å². The van der Waals surface area contributed by atoms with Gasteiger partial charge in [0.05, 0.1) is 23.7 Å². The van der Waals surface area contributed by atoms with Crippen LogP contribution in [0.25, 0.3) is 11.0 Å². The van der Waals surface area contributed by atoms with Crippen molar-refractivity contribution < 1.29 is 19.4 Å². The molecule has 0 saturated heterocycles. The Morgan fingerprint density at radius 1 is 1.47 bits per heavy atom. The Morgan fingerprint density at radius 3 is 2.68 bits per heavy atom. The van der Waals surface area contributed by atoms with E-state index in [-0.39, 0.29) is 24.1 Å². The van der Waals surface area contributed by atoms with Crippen LogP contribution in [-0.4, -0.2) is 37.8 Å². The topological polar surface area (TPSA) is 88.2 Å². The highest BCUT2D eigenvalue weighted by atomic mass is 19.1. The average molecular weight is 267 g/mol. The highest BCUT2D eigenvalue weighted by Gasteiger charge is 2.21. The molecule has 0 fully saturated rings. The quantitative estimate of drug-likeness (QED) is 0.875. The van der Waals surface area contributed by atoms with Crippen LogP contribution in [0.2, 0.25) is 0 Å². The number of carbonyl (C=O) groups is 1. The number of rotatable bonds is 4. The van der Waals surface area contributed by atoms with Crippen LogP contribution in [-0.2, 0) is 0 Å². The summed E-state index contributed by atoms with van der Waals surface area (Å²) in [6.45, 7) is 3.64. The van der Waals surface area contributed by atoms with E-state index in [1.807, 2.05) is 13.8 Å². The molecule has 7 heteroatoms. The number of aliphatic hydroxyl groups is 1. The molecule has 1 unspecified atom stereocenters. The lowest BCUT2D eigenvalue weighted by Crippen LogP contribution is -2.20. The first-order chi connectivity index (χ1) is 8.95. The van der Waals surface area contributed by atoms with Gasteiger partial charge in [0.25, 0.3) is 0 Å². The van der Waals surface area contributed by atoms with Gasteiger partial charge < -0.3 is 10.2 Å². The first-order valence-electron chi connectivity index (χ1n) is 5.84. The maximum Gasteiger partial charge on any atom is 0.338 e. The highest BCUT2D eigenvalue weighted by molar-refractivity contribution is 5.92. The Balaban J connectivity index is 2.64. The molecule has 2 aromatic rings. The third-order valence-electron chi connectivity index (χ3n) is 3.06. The van der Waals surface area contributed by atoms with Crippen LogP contribution in [0.1, 0.15) is 30.2 Å². The number of carboxylic acid groups (broad SMARTS) is 1. The van der Waals surface area contributed by atoms with Crippen molar-refractivity contribution in [2.24, 2.45) is 5.92 Å². The summed E-state index contributed by atoms with van der Waals surface area (Å²) in [6.07, 6.45) is 0. The Kier molecular flexibility index (Phi) is 3.48. The summed E-state index contributed by atoms with van der Waals surface area (Å²) in [6, 6.07) is 1.90. The normalized spacial score (nSPS) is 13.1. The highest BCUT2D eigenvalue weighted by Crippen LogP contribution is 2.23. The fourth-order valence-electron chi connectivity index (χ4n) is 1.94. The van der Waals surface area contributed by atoms with E-state index >= 15 is 0 Å². The SMILES string of the molecule is CC(C)C(CO)n1nnc2cc(F)c(C(=O)O)cc21. The number of hydrogen-bond donors (Lipinski definition) is 2. The molecule has 0 aliphatic heterocycles. The van der Waals surface area contributed by atoms with E-state index in [4.69, 9.17) is 5.11 Å². The van der Waals surface area contributed by atoms with Gasteiger partial charge in [0.1, 0.15) is 11.3 Å². The first kappa shape index (κ1) is 13.4. The summed E-state index contributed by atoms with van der Waals surface area (Å²) < 4.78 is 15.0. The van der Waals surface area contributed by atoms with Crippen molar-refractivity contribution in [1.82, 2.24) is 15.0 Å². The second kappa shape index (κ2) is 4.93. The number of halogens is 1. The van der Waals surface area contributed by atoms with Crippen molar-refractivity contribution in [2.75, 3.05) is 6.61 Å². The van der Waals surface area contributed by atoms with Crippen LogP contribution < -0.4 is 0 Å². The van der Waals surface area contributed by atoms with Crippen LogP contribution >= 0.6 is 0 Å². The van der Waals surface area contributed by atoms with Crippen molar-refractivity contribution in [1.29, 1.82) is 0 Å². The van der Waals surface area contributed by atoms with Gasteiger partial charge >= 0.3 is 5.97 Å². The van der Waals surface area contributed by atoms with Gasteiger partial charge in [0.2, 0.25) is 0 Å². The molecule has 1 aromatic heterocycles. The third kappa shape index (κ3) is 2.28. The summed E-state index contributed by atoms with van der Waals surface area (Å²) in [7, 11) is 0. The molecule has 0 aliphatic carbocycles. The minimum Gasteiger partial charge on any atom is -0.478 e. The average Bonchev–Trinajstić information content (AvgIpc) is 2.71. The molecule has 0 amide bonds. The lowest BCUT2D eigenvalue weighted by atomic mass is 10.1. The zero-order valence-corrected chi connectivity index (χ0v) is 10.5. The van der Waals surface area contributed by atoms with Gasteiger partial charge in [-0.3, -0.25) is 0 Å². The van der Waals surface area contributed by atoms with Crippen molar-refractivity contribution in [3.63, 3.8) is 0 Å². The van der Waals surface area contributed by atoms with Gasteiger partial charge in [-0.2, -0.15) is 0 Å². The van der Waals surface area contributed by atoms with Gasteiger partial charge in [-0.1, -0.05) is 19.1 Å². The van der Waals surface area contributed by atoms with Crippen LogP contribution in [0, 0.1) is 11.7 Å². The molecule has 19 heavy (non-hydrogen) atoms. The summed E-state index contributed by atoms with van der Waals surface area (Å²) >= 11 is 0. The number of aliphatic hydroxyl groups excluding tert-OH is 1. The standard InChI is InChI=1S/C12H14FN3O3/c1-6(2)11(5-17)16-10-3-7(12(18)19)8(13)4-9(10)14-15-16/h3-4,6,11,17H,5H2,1-2H3,(H,18,19). The van der Waals surface area contributed by atoms with E-state index in [0.717, 1.165) is 6.07 Å². The lowest BCUT2D eigenvalue weighted by molar-refractivity contribution is 0.0692. The van der Waals surface area contributed by atoms with Crippen molar-refractivity contribution in [2.45, 2.75) is 19.9 Å². The van der Waals surface area contributed by atoms with E-state index in [9.17, 15) is 14.3 Å². The van der Waals surface area contributed by atoms with Crippen LogP contribution in [0.5, 0.6) is 0 Å². The molecule has 1 atom stereocenters. The number of aromatic carboxylic acids is 1. The summed E-state index contributed by atoms with van der Waals surface area (Å²) in [5.74, 6) is -2.12. The molecule has 0 bridgehead atoms. The van der Waals surface area contributed by atoms with E-state index in [1.54, 1.807) is 0 Å². The maximum absolute atomic E-state index is 13.5. The number of nitrogens with zero attached hydrogens (tertiary/aromatic N) is 3. The molecule has 0 aliphatic rings. The van der Waals surface area contributed by atoms with Gasteiger partial charge in [-0.15, -0.1) is 5.10 Å². The van der Waals surface area contributed by atoms with E-state index in [2.05, 4.69) is 10.3 Å². The molecule has 0 saturated carbocycles. The summed E-state index contributed by atoms with van der Waals surface area (Å²) in [4.78, 5) is 10.9. The largest absolute Gasteiger partial charge is 0.478 e. The monoisotopic (exact) mass is 267 g/mol. The summed E-state index contributed by atoms with van der Waals surface area (Å²) in [5, 5.41) is 26.0. The van der Waals surface area contributed by atoms with E-state index in [1.165, 1.54) is 10.7 Å². The number of hydrogen-bond acceptors (Lipinski definition) is 4. The Hall–Kier alpha value is -2.02. The van der Waals surface area contributed by atoms with Gasteiger partial charge in [-0.05, 0) is 12.0 Å². The molecule has 0 spiro atoms.